The second-order valence-corrected chi connectivity index (χ2v) is 4.11. The topological polar surface area (TPSA) is 33.1 Å². The number of rotatable bonds is 2. The largest absolute Gasteiger partial charge is 0.507 e. The van der Waals surface area contributed by atoms with E-state index in [1.807, 2.05) is 56.3 Å². The van der Waals surface area contributed by atoms with Crippen LogP contribution in [0.3, 0.4) is 0 Å². The summed E-state index contributed by atoms with van der Waals surface area (Å²) in [7, 11) is 0. The Bertz CT molecular complexity index is 544. The number of hydrogen-bond donors (Lipinski definition) is 1. The highest BCUT2D eigenvalue weighted by molar-refractivity contribution is 5.72. The zero-order valence-corrected chi connectivity index (χ0v) is 10.0. The van der Waals surface area contributed by atoms with E-state index in [1.165, 1.54) is 0 Å². The molecule has 1 aromatic heterocycles. The zero-order chi connectivity index (χ0) is 12.3. The summed E-state index contributed by atoms with van der Waals surface area (Å²) in [6.07, 6.45) is 5.53. The second-order valence-electron chi connectivity index (χ2n) is 4.11. The first-order chi connectivity index (χ1) is 8.16. The van der Waals surface area contributed by atoms with Crippen LogP contribution in [0.5, 0.6) is 5.75 Å². The van der Waals surface area contributed by atoms with Crippen LogP contribution in [0.15, 0.2) is 36.5 Å². The summed E-state index contributed by atoms with van der Waals surface area (Å²) in [6.45, 7) is 3.92. The number of nitrogens with zero attached hydrogens (tertiary/aromatic N) is 1. The highest BCUT2D eigenvalue weighted by Crippen LogP contribution is 2.25. The fraction of sp³-hybridized carbons (Fsp3) is 0.133. The molecule has 1 N–H and O–H groups in total. The molecule has 17 heavy (non-hydrogen) atoms. The molecule has 2 aromatic rings. The lowest BCUT2D eigenvalue weighted by Gasteiger charge is -2.05. The number of phenols is 1. The first kappa shape index (κ1) is 11.4. The van der Waals surface area contributed by atoms with Gasteiger partial charge >= 0.3 is 0 Å². The van der Waals surface area contributed by atoms with Crippen molar-refractivity contribution in [1.82, 2.24) is 4.98 Å². The molecule has 0 saturated carbocycles. The third kappa shape index (κ3) is 2.72. The van der Waals surface area contributed by atoms with Crippen molar-refractivity contribution >= 4 is 12.2 Å². The van der Waals surface area contributed by atoms with Crippen molar-refractivity contribution in [1.29, 1.82) is 0 Å². The molecule has 2 rings (SSSR count). The van der Waals surface area contributed by atoms with Gasteiger partial charge in [-0.25, -0.2) is 0 Å². The van der Waals surface area contributed by atoms with E-state index < -0.39 is 0 Å². The standard InChI is InChI=1S/C15H15NO/c1-11-9-12(2)15(17)13(10-11)6-7-14-5-3-4-8-16-14/h3-10,17H,1-2H3. The lowest BCUT2D eigenvalue weighted by atomic mass is 10.0. The normalized spacial score (nSPS) is 10.9. The van der Waals surface area contributed by atoms with Gasteiger partial charge in [-0.15, -0.1) is 0 Å². The monoisotopic (exact) mass is 225 g/mol. The van der Waals surface area contributed by atoms with Crippen LogP contribution in [0.2, 0.25) is 0 Å². The van der Waals surface area contributed by atoms with E-state index in [-0.39, 0.29) is 0 Å². The van der Waals surface area contributed by atoms with Gasteiger partial charge in [0.15, 0.2) is 0 Å². The minimum atomic E-state index is 0.336. The summed E-state index contributed by atoms with van der Waals surface area (Å²) < 4.78 is 0. The Morgan fingerprint density at radius 3 is 2.65 bits per heavy atom. The van der Waals surface area contributed by atoms with Crippen molar-refractivity contribution in [2.75, 3.05) is 0 Å². The number of aromatic nitrogens is 1. The van der Waals surface area contributed by atoms with Gasteiger partial charge < -0.3 is 5.11 Å². The minimum Gasteiger partial charge on any atom is -0.507 e. The average molecular weight is 225 g/mol. The number of aryl methyl sites for hydroxylation is 2. The second kappa shape index (κ2) is 4.83. The van der Waals surface area contributed by atoms with E-state index in [4.69, 9.17) is 0 Å². The highest BCUT2D eigenvalue weighted by atomic mass is 16.3. The van der Waals surface area contributed by atoms with E-state index in [9.17, 15) is 5.11 Å². The predicted octanol–water partition coefficient (Wildman–Crippen LogP) is 3.57. The quantitative estimate of drug-likeness (QED) is 0.847. The SMILES string of the molecule is Cc1cc(C)c(O)c(C=Cc2ccccn2)c1. The van der Waals surface area contributed by atoms with E-state index >= 15 is 0 Å². The Morgan fingerprint density at radius 1 is 1.12 bits per heavy atom. The third-order valence-corrected chi connectivity index (χ3v) is 2.60. The van der Waals surface area contributed by atoms with Gasteiger partial charge in [0.05, 0.1) is 5.69 Å². The summed E-state index contributed by atoms with van der Waals surface area (Å²) in [6, 6.07) is 9.67. The minimum absolute atomic E-state index is 0.336. The number of hydrogen-bond acceptors (Lipinski definition) is 2. The molecule has 0 aliphatic heterocycles. The van der Waals surface area contributed by atoms with Gasteiger partial charge in [-0.1, -0.05) is 17.7 Å². The maximum Gasteiger partial charge on any atom is 0.125 e. The summed E-state index contributed by atoms with van der Waals surface area (Å²) in [5, 5.41) is 9.93. The van der Waals surface area contributed by atoms with Gasteiger partial charge in [0.1, 0.15) is 5.75 Å². The predicted molar refractivity (Wildman–Crippen MR) is 70.7 cm³/mol. The van der Waals surface area contributed by atoms with Crippen LogP contribution in [0.1, 0.15) is 22.4 Å². The molecule has 0 aliphatic rings. The molecule has 0 radical (unpaired) electrons. The highest BCUT2D eigenvalue weighted by Gasteiger charge is 2.02. The molecule has 0 unspecified atom stereocenters. The van der Waals surface area contributed by atoms with E-state index in [1.54, 1.807) is 6.20 Å². The molecule has 0 aliphatic carbocycles. The Hall–Kier alpha value is -2.09. The maximum absolute atomic E-state index is 9.93. The molecule has 2 nitrogen and oxygen atoms in total. The van der Waals surface area contributed by atoms with Gasteiger partial charge in [0, 0.05) is 11.8 Å². The molecule has 1 aromatic carbocycles. The van der Waals surface area contributed by atoms with Crippen LogP contribution in [0, 0.1) is 13.8 Å². The fourth-order valence-corrected chi connectivity index (χ4v) is 1.77. The molecule has 0 atom stereocenters. The first-order valence-corrected chi connectivity index (χ1v) is 5.56. The summed E-state index contributed by atoms with van der Waals surface area (Å²) in [5.41, 5.74) is 3.74. The van der Waals surface area contributed by atoms with Crippen molar-refractivity contribution < 1.29 is 5.11 Å². The molecule has 0 spiro atoms. The van der Waals surface area contributed by atoms with Crippen molar-refractivity contribution in [2.45, 2.75) is 13.8 Å². The molecule has 0 saturated heterocycles. The van der Waals surface area contributed by atoms with E-state index in [0.717, 1.165) is 22.4 Å². The zero-order valence-electron chi connectivity index (χ0n) is 10.0. The van der Waals surface area contributed by atoms with Crippen molar-refractivity contribution in [3.05, 3.63) is 58.9 Å². The Morgan fingerprint density at radius 2 is 1.94 bits per heavy atom. The summed E-state index contributed by atoms with van der Waals surface area (Å²) in [5.74, 6) is 0.336. The van der Waals surface area contributed by atoms with Crippen LogP contribution in [-0.2, 0) is 0 Å². The lowest BCUT2D eigenvalue weighted by molar-refractivity contribution is 0.469. The van der Waals surface area contributed by atoms with Crippen LogP contribution < -0.4 is 0 Å². The summed E-state index contributed by atoms with van der Waals surface area (Å²) >= 11 is 0. The molecule has 1 heterocycles. The van der Waals surface area contributed by atoms with Gasteiger partial charge in [0.25, 0.3) is 0 Å². The average Bonchev–Trinajstić information content (AvgIpc) is 2.33. The molecule has 0 bridgehead atoms. The van der Waals surface area contributed by atoms with Crippen LogP contribution in [0.4, 0.5) is 0 Å². The molecule has 0 fully saturated rings. The number of phenolic OH excluding ortho intramolecular Hbond substituents is 1. The van der Waals surface area contributed by atoms with Crippen LogP contribution in [-0.4, -0.2) is 10.1 Å². The number of benzene rings is 1. The third-order valence-electron chi connectivity index (χ3n) is 2.60. The molecule has 2 heteroatoms. The van der Waals surface area contributed by atoms with Crippen LogP contribution >= 0.6 is 0 Å². The molecular weight excluding hydrogens is 210 g/mol. The van der Waals surface area contributed by atoms with Crippen molar-refractivity contribution in [3.63, 3.8) is 0 Å². The Balaban J connectivity index is 2.33. The lowest BCUT2D eigenvalue weighted by Crippen LogP contribution is -1.83. The van der Waals surface area contributed by atoms with Gasteiger partial charge in [-0.05, 0) is 49.8 Å². The Kier molecular flexibility index (Phi) is 3.24. The molecular formula is C15H15NO. The van der Waals surface area contributed by atoms with E-state index in [2.05, 4.69) is 4.98 Å². The number of aromatic hydroxyl groups is 1. The summed E-state index contributed by atoms with van der Waals surface area (Å²) in [4.78, 5) is 4.20. The van der Waals surface area contributed by atoms with Crippen molar-refractivity contribution in [2.24, 2.45) is 0 Å². The smallest absolute Gasteiger partial charge is 0.125 e. The van der Waals surface area contributed by atoms with Gasteiger partial charge in [-0.2, -0.15) is 0 Å². The van der Waals surface area contributed by atoms with Crippen LogP contribution in [0.25, 0.3) is 12.2 Å². The fourth-order valence-electron chi connectivity index (χ4n) is 1.77. The Labute approximate surface area is 101 Å². The van der Waals surface area contributed by atoms with Gasteiger partial charge in [-0.3, -0.25) is 4.98 Å². The van der Waals surface area contributed by atoms with Crippen molar-refractivity contribution in [3.8, 4) is 5.75 Å². The van der Waals surface area contributed by atoms with E-state index in [0.29, 0.717) is 5.75 Å². The van der Waals surface area contributed by atoms with Gasteiger partial charge in [0.2, 0.25) is 0 Å². The number of pyridine rings is 1. The first-order valence-electron chi connectivity index (χ1n) is 5.56. The maximum atomic E-state index is 9.93. The molecule has 86 valence electrons. The molecule has 0 amide bonds.